The van der Waals surface area contributed by atoms with Gasteiger partial charge in [-0.2, -0.15) is 0 Å². The predicted octanol–water partition coefficient (Wildman–Crippen LogP) is 4.85. The second kappa shape index (κ2) is 9.83. The Kier molecular flexibility index (Phi) is 7.44. The molecule has 2 aliphatic heterocycles. The number of fused-ring (bicyclic) bond motifs is 1. The average Bonchev–Trinajstić information content (AvgIpc) is 2.97. The fraction of sp³-hybridized carbons (Fsp3) is 0.524. The van der Waals surface area contributed by atoms with E-state index in [1.807, 2.05) is 13.8 Å². The Labute approximate surface area is 180 Å². The minimum Gasteiger partial charge on any atom is -0.432 e. The first-order valence-corrected chi connectivity index (χ1v) is 10.7. The highest BCUT2D eigenvalue weighted by molar-refractivity contribution is 6.38. The molecule has 1 atom stereocenters. The van der Waals surface area contributed by atoms with E-state index in [4.69, 9.17) is 37.4 Å². The zero-order chi connectivity index (χ0) is 21.0. The monoisotopic (exact) mass is 441 g/mol. The van der Waals surface area contributed by atoms with Crippen molar-refractivity contribution < 1.29 is 23.8 Å². The highest BCUT2D eigenvalue weighted by atomic mass is 35.5. The van der Waals surface area contributed by atoms with E-state index in [0.717, 1.165) is 24.8 Å². The van der Waals surface area contributed by atoms with Crippen LogP contribution < -0.4 is 0 Å². The minimum atomic E-state index is -0.847. The van der Waals surface area contributed by atoms with Crippen LogP contribution >= 0.6 is 23.2 Å². The van der Waals surface area contributed by atoms with E-state index in [1.165, 1.54) is 0 Å². The van der Waals surface area contributed by atoms with Crippen molar-refractivity contribution >= 4 is 40.8 Å². The highest BCUT2D eigenvalue weighted by Gasteiger charge is 2.44. The lowest BCUT2D eigenvalue weighted by Gasteiger charge is -2.30. The molecule has 158 valence electrons. The fourth-order valence-corrected chi connectivity index (χ4v) is 4.48. The van der Waals surface area contributed by atoms with Crippen molar-refractivity contribution in [3.05, 3.63) is 39.1 Å². The lowest BCUT2D eigenvalue weighted by Crippen LogP contribution is -2.40. The number of ether oxygens (including phenoxy) is 3. The minimum absolute atomic E-state index is 0.0829. The van der Waals surface area contributed by atoms with Crippen molar-refractivity contribution in [1.82, 2.24) is 4.90 Å². The van der Waals surface area contributed by atoms with Gasteiger partial charge in [-0.15, -0.1) is 0 Å². The van der Waals surface area contributed by atoms with Gasteiger partial charge in [0.1, 0.15) is 12.4 Å². The van der Waals surface area contributed by atoms with Gasteiger partial charge >= 0.3 is 6.16 Å². The molecule has 0 aliphatic carbocycles. The van der Waals surface area contributed by atoms with Gasteiger partial charge in [0.05, 0.1) is 23.2 Å². The lowest BCUT2D eigenvalue weighted by molar-refractivity contribution is -0.126. The number of nitrogens with zero attached hydrogens (tertiary/aromatic N) is 1. The molecule has 0 N–H and O–H groups in total. The third kappa shape index (κ3) is 4.71. The Morgan fingerprint density at radius 2 is 2.00 bits per heavy atom. The number of hydrogen-bond acceptors (Lipinski definition) is 5. The maximum absolute atomic E-state index is 13.3. The Hall–Kier alpha value is -1.76. The molecule has 6 nitrogen and oxygen atoms in total. The molecule has 1 aromatic carbocycles. The van der Waals surface area contributed by atoms with Gasteiger partial charge < -0.3 is 19.1 Å². The van der Waals surface area contributed by atoms with E-state index in [0.29, 0.717) is 46.5 Å². The number of carbonyl (C=O) groups excluding carboxylic acids is 2. The molecule has 8 heteroatoms. The Morgan fingerprint density at radius 1 is 1.21 bits per heavy atom. The quantitative estimate of drug-likeness (QED) is 0.446. The van der Waals surface area contributed by atoms with Crippen LogP contribution in [0.4, 0.5) is 4.79 Å². The standard InChI is InChI=1S/C21H25Cl2NO5/c1-3-13-11-14(22)12-15(23)17(13)18-19(29-21(26)28-10-9-27-4-2)16-7-5-6-8-24(16)20(18)25/h11-12,16H,3-10H2,1-2H3. The van der Waals surface area contributed by atoms with Gasteiger partial charge in [0.15, 0.2) is 0 Å². The summed E-state index contributed by atoms with van der Waals surface area (Å²) in [7, 11) is 0. The van der Waals surface area contributed by atoms with E-state index in [1.54, 1.807) is 17.0 Å². The number of rotatable bonds is 7. The molecule has 1 amide bonds. The summed E-state index contributed by atoms with van der Waals surface area (Å²) >= 11 is 12.7. The van der Waals surface area contributed by atoms with Crippen LogP contribution in [0.1, 0.15) is 44.2 Å². The normalized spacial score (nSPS) is 18.8. The summed E-state index contributed by atoms with van der Waals surface area (Å²) in [5, 5.41) is 0.862. The summed E-state index contributed by atoms with van der Waals surface area (Å²) in [5.74, 6) is 0.140. The molecule has 29 heavy (non-hydrogen) atoms. The summed E-state index contributed by atoms with van der Waals surface area (Å²) < 4.78 is 15.9. The van der Waals surface area contributed by atoms with Crippen LogP contribution in [0.3, 0.4) is 0 Å². The van der Waals surface area contributed by atoms with Gasteiger partial charge in [-0.05, 0) is 50.3 Å². The maximum atomic E-state index is 13.3. The molecule has 1 unspecified atom stereocenters. The zero-order valence-corrected chi connectivity index (χ0v) is 18.1. The summed E-state index contributed by atoms with van der Waals surface area (Å²) in [4.78, 5) is 27.3. The van der Waals surface area contributed by atoms with E-state index in [-0.39, 0.29) is 25.2 Å². The third-order valence-electron chi connectivity index (χ3n) is 5.14. The Balaban J connectivity index is 1.98. The molecule has 2 aliphatic rings. The van der Waals surface area contributed by atoms with Gasteiger partial charge in [-0.3, -0.25) is 4.79 Å². The predicted molar refractivity (Wildman–Crippen MR) is 111 cm³/mol. The van der Waals surface area contributed by atoms with Gasteiger partial charge in [-0.25, -0.2) is 4.79 Å². The van der Waals surface area contributed by atoms with Crippen molar-refractivity contribution in [2.75, 3.05) is 26.4 Å². The van der Waals surface area contributed by atoms with Crippen molar-refractivity contribution in [3.63, 3.8) is 0 Å². The van der Waals surface area contributed by atoms with Crippen LogP contribution in [0.25, 0.3) is 5.57 Å². The smallest absolute Gasteiger partial charge is 0.432 e. The van der Waals surface area contributed by atoms with E-state index >= 15 is 0 Å². The van der Waals surface area contributed by atoms with Gasteiger partial charge in [0.2, 0.25) is 0 Å². The van der Waals surface area contributed by atoms with Crippen molar-refractivity contribution in [3.8, 4) is 0 Å². The van der Waals surface area contributed by atoms with Crippen molar-refractivity contribution in [2.24, 2.45) is 0 Å². The number of halogens is 2. The average molecular weight is 442 g/mol. The molecule has 0 saturated carbocycles. The maximum Gasteiger partial charge on any atom is 0.513 e. The van der Waals surface area contributed by atoms with Gasteiger partial charge in [0, 0.05) is 23.7 Å². The summed E-state index contributed by atoms with van der Waals surface area (Å²) in [6.45, 7) is 5.34. The van der Waals surface area contributed by atoms with Crippen molar-refractivity contribution in [2.45, 2.75) is 45.6 Å². The molecule has 3 rings (SSSR count). The molecular formula is C21H25Cl2NO5. The first-order chi connectivity index (χ1) is 14.0. The second-order valence-corrected chi connectivity index (χ2v) is 7.77. The molecule has 0 spiro atoms. The van der Waals surface area contributed by atoms with Crippen LogP contribution in [0.5, 0.6) is 0 Å². The fourth-order valence-electron chi connectivity index (χ4n) is 3.85. The Bertz CT molecular complexity index is 824. The van der Waals surface area contributed by atoms with Crippen molar-refractivity contribution in [1.29, 1.82) is 0 Å². The number of hydrogen-bond donors (Lipinski definition) is 0. The van der Waals surface area contributed by atoms with Crippen LogP contribution in [0, 0.1) is 0 Å². The second-order valence-electron chi connectivity index (χ2n) is 6.92. The summed E-state index contributed by atoms with van der Waals surface area (Å²) in [6.07, 6.45) is 2.37. The molecule has 0 radical (unpaired) electrons. The topological polar surface area (TPSA) is 65.1 Å². The largest absolute Gasteiger partial charge is 0.513 e. The van der Waals surface area contributed by atoms with Gasteiger partial charge in [-0.1, -0.05) is 30.1 Å². The van der Waals surface area contributed by atoms with Crippen LogP contribution in [-0.2, 0) is 25.4 Å². The molecule has 0 bridgehead atoms. The van der Waals surface area contributed by atoms with Crippen LogP contribution in [-0.4, -0.2) is 49.4 Å². The first-order valence-electron chi connectivity index (χ1n) is 9.93. The number of benzene rings is 1. The number of carbonyl (C=O) groups is 2. The number of aryl methyl sites for hydroxylation is 1. The first kappa shape index (κ1) is 21.9. The molecule has 1 aromatic rings. The van der Waals surface area contributed by atoms with Gasteiger partial charge in [0.25, 0.3) is 5.91 Å². The van der Waals surface area contributed by atoms with Crippen LogP contribution in [0.2, 0.25) is 10.0 Å². The molecule has 2 heterocycles. The summed E-state index contributed by atoms with van der Waals surface area (Å²) in [5.41, 5.74) is 1.74. The molecule has 1 saturated heterocycles. The molecule has 0 aromatic heterocycles. The molecule has 1 fully saturated rings. The van der Waals surface area contributed by atoms with E-state index in [2.05, 4.69) is 0 Å². The third-order valence-corrected chi connectivity index (χ3v) is 5.66. The van der Waals surface area contributed by atoms with E-state index in [9.17, 15) is 9.59 Å². The van der Waals surface area contributed by atoms with E-state index < -0.39 is 6.16 Å². The SMILES string of the molecule is CCOCCOC(=O)OC1=C(c2c(Cl)cc(Cl)cc2CC)C(=O)N2CCCCC12. The highest BCUT2D eigenvalue weighted by Crippen LogP contribution is 2.42. The summed E-state index contributed by atoms with van der Waals surface area (Å²) in [6, 6.07) is 3.10. The Morgan fingerprint density at radius 3 is 2.72 bits per heavy atom. The number of piperidine rings is 1. The zero-order valence-electron chi connectivity index (χ0n) is 16.6. The molecular weight excluding hydrogens is 417 g/mol. The number of amides is 1. The lowest BCUT2D eigenvalue weighted by atomic mass is 9.96. The van der Waals surface area contributed by atoms with Crippen LogP contribution in [0.15, 0.2) is 17.9 Å².